The van der Waals surface area contributed by atoms with Crippen molar-refractivity contribution in [2.75, 3.05) is 39.8 Å². The predicted molar refractivity (Wildman–Crippen MR) is 110 cm³/mol. The van der Waals surface area contributed by atoms with Gasteiger partial charge in [-0.15, -0.1) is 0 Å². The van der Waals surface area contributed by atoms with Gasteiger partial charge in [0, 0.05) is 31.7 Å². The van der Waals surface area contributed by atoms with Crippen LogP contribution in [-0.2, 0) is 4.79 Å². The minimum absolute atomic E-state index is 0.0104. The SMILES string of the molecule is CN(C(=O)c1ccc(OCCCN)cc1)[C@@H]1CCC[C@@H](N2CCNC(=O)C2)[C@@H]1O. The topological polar surface area (TPSA) is 108 Å². The minimum Gasteiger partial charge on any atom is -0.494 e. The van der Waals surface area contributed by atoms with Crippen LogP contribution in [0, 0.1) is 0 Å². The van der Waals surface area contributed by atoms with Crippen molar-refractivity contribution in [1.82, 2.24) is 15.1 Å². The molecule has 1 aliphatic heterocycles. The molecule has 1 aromatic carbocycles. The van der Waals surface area contributed by atoms with Gasteiger partial charge in [0.25, 0.3) is 5.91 Å². The number of aliphatic hydroxyl groups is 1. The zero-order valence-electron chi connectivity index (χ0n) is 17.0. The highest BCUT2D eigenvalue weighted by atomic mass is 16.5. The average Bonchev–Trinajstić information content (AvgIpc) is 2.73. The van der Waals surface area contributed by atoms with Gasteiger partial charge in [0.2, 0.25) is 5.91 Å². The number of aliphatic hydroxyl groups excluding tert-OH is 1. The van der Waals surface area contributed by atoms with Gasteiger partial charge in [-0.05, 0) is 56.5 Å². The number of nitrogens with two attached hydrogens (primary N) is 1. The Kier molecular flexibility index (Phi) is 7.46. The third-order valence-electron chi connectivity index (χ3n) is 5.86. The van der Waals surface area contributed by atoms with Crippen molar-refractivity contribution in [3.63, 3.8) is 0 Å². The number of hydrogen-bond donors (Lipinski definition) is 3. The monoisotopic (exact) mass is 404 g/mol. The van der Waals surface area contributed by atoms with E-state index in [1.807, 2.05) is 4.90 Å². The van der Waals surface area contributed by atoms with Crippen LogP contribution < -0.4 is 15.8 Å². The van der Waals surface area contributed by atoms with E-state index in [1.54, 1.807) is 36.2 Å². The zero-order valence-corrected chi connectivity index (χ0v) is 17.0. The van der Waals surface area contributed by atoms with E-state index in [1.165, 1.54) is 0 Å². The van der Waals surface area contributed by atoms with E-state index in [2.05, 4.69) is 5.32 Å². The van der Waals surface area contributed by atoms with Crippen molar-refractivity contribution < 1.29 is 19.4 Å². The Hall–Kier alpha value is -2.16. The summed E-state index contributed by atoms with van der Waals surface area (Å²) in [6, 6.07) is 6.69. The Bertz CT molecular complexity index is 696. The summed E-state index contributed by atoms with van der Waals surface area (Å²) < 4.78 is 5.58. The number of hydrogen-bond acceptors (Lipinski definition) is 6. The van der Waals surface area contributed by atoms with Crippen LogP contribution in [0.1, 0.15) is 36.0 Å². The molecular weight excluding hydrogens is 372 g/mol. The molecule has 3 atom stereocenters. The Morgan fingerprint density at radius 2 is 2.10 bits per heavy atom. The molecule has 0 bridgehead atoms. The molecule has 1 heterocycles. The van der Waals surface area contributed by atoms with Gasteiger partial charge in [-0.3, -0.25) is 14.5 Å². The first-order chi connectivity index (χ1) is 14.0. The first kappa shape index (κ1) is 21.5. The molecule has 1 saturated carbocycles. The van der Waals surface area contributed by atoms with Crippen LogP contribution in [0.3, 0.4) is 0 Å². The van der Waals surface area contributed by atoms with Gasteiger partial charge < -0.3 is 25.8 Å². The lowest BCUT2D eigenvalue weighted by molar-refractivity contribution is -0.127. The number of nitrogens with zero attached hydrogens (tertiary/aromatic N) is 2. The summed E-state index contributed by atoms with van der Waals surface area (Å²) in [7, 11) is 1.74. The molecule has 4 N–H and O–H groups in total. The summed E-state index contributed by atoms with van der Waals surface area (Å²) >= 11 is 0. The molecule has 1 aliphatic carbocycles. The van der Waals surface area contributed by atoms with Gasteiger partial charge in [0.05, 0.1) is 25.3 Å². The number of ether oxygens (including phenoxy) is 1. The second kappa shape index (κ2) is 10.0. The summed E-state index contributed by atoms with van der Waals surface area (Å²) in [6.45, 7) is 2.75. The second-order valence-corrected chi connectivity index (χ2v) is 7.81. The highest BCUT2D eigenvalue weighted by molar-refractivity contribution is 5.94. The molecule has 0 unspecified atom stereocenters. The third-order valence-corrected chi connectivity index (χ3v) is 5.86. The average molecular weight is 405 g/mol. The maximum atomic E-state index is 13.0. The molecule has 8 nitrogen and oxygen atoms in total. The number of benzene rings is 1. The number of amides is 2. The van der Waals surface area contributed by atoms with Crippen molar-refractivity contribution in [2.24, 2.45) is 5.73 Å². The Morgan fingerprint density at radius 3 is 2.79 bits per heavy atom. The number of carbonyl (C=O) groups excluding carboxylic acids is 2. The van der Waals surface area contributed by atoms with E-state index in [4.69, 9.17) is 10.5 Å². The van der Waals surface area contributed by atoms with Crippen molar-refractivity contribution in [3.05, 3.63) is 29.8 Å². The summed E-state index contributed by atoms with van der Waals surface area (Å²) in [5.74, 6) is 0.571. The molecule has 1 saturated heterocycles. The molecule has 0 radical (unpaired) electrons. The Labute approximate surface area is 172 Å². The van der Waals surface area contributed by atoms with Crippen LogP contribution in [0.2, 0.25) is 0 Å². The second-order valence-electron chi connectivity index (χ2n) is 7.81. The Balaban J connectivity index is 1.62. The molecule has 2 amide bonds. The minimum atomic E-state index is -0.678. The summed E-state index contributed by atoms with van der Waals surface area (Å²) in [6.07, 6.45) is 2.60. The van der Waals surface area contributed by atoms with E-state index in [-0.39, 0.29) is 23.9 Å². The van der Waals surface area contributed by atoms with Crippen LogP contribution >= 0.6 is 0 Å². The molecule has 160 valence electrons. The van der Waals surface area contributed by atoms with Crippen LogP contribution in [0.15, 0.2) is 24.3 Å². The van der Waals surface area contributed by atoms with Crippen molar-refractivity contribution in [2.45, 2.75) is 43.9 Å². The van der Waals surface area contributed by atoms with Crippen LogP contribution in [0.5, 0.6) is 5.75 Å². The normalized spacial score (nSPS) is 25.3. The largest absolute Gasteiger partial charge is 0.494 e. The number of carbonyl (C=O) groups is 2. The quantitative estimate of drug-likeness (QED) is 0.561. The smallest absolute Gasteiger partial charge is 0.253 e. The molecule has 8 heteroatoms. The maximum absolute atomic E-state index is 13.0. The van der Waals surface area contributed by atoms with Crippen LogP contribution in [-0.4, -0.2) is 84.7 Å². The van der Waals surface area contributed by atoms with Crippen molar-refractivity contribution in [3.8, 4) is 5.75 Å². The van der Waals surface area contributed by atoms with E-state index in [0.717, 1.165) is 32.2 Å². The van der Waals surface area contributed by atoms with Crippen LogP contribution in [0.4, 0.5) is 0 Å². The first-order valence-corrected chi connectivity index (χ1v) is 10.4. The fraction of sp³-hybridized carbons (Fsp3) is 0.619. The molecule has 29 heavy (non-hydrogen) atoms. The fourth-order valence-electron chi connectivity index (χ4n) is 4.22. The Morgan fingerprint density at radius 1 is 1.34 bits per heavy atom. The summed E-state index contributed by atoms with van der Waals surface area (Å²) in [5.41, 5.74) is 6.02. The lowest BCUT2D eigenvalue weighted by Crippen LogP contribution is -2.61. The molecule has 3 rings (SSSR count). The van der Waals surface area contributed by atoms with Gasteiger partial charge in [-0.25, -0.2) is 0 Å². The van der Waals surface area contributed by atoms with Gasteiger partial charge in [0.15, 0.2) is 0 Å². The predicted octanol–water partition coefficient (Wildman–Crippen LogP) is 0.200. The number of piperazine rings is 1. The number of likely N-dealkylation sites (N-methyl/N-ethyl adjacent to an activating group) is 1. The highest BCUT2D eigenvalue weighted by Gasteiger charge is 2.40. The first-order valence-electron chi connectivity index (χ1n) is 10.4. The summed E-state index contributed by atoms with van der Waals surface area (Å²) in [4.78, 5) is 28.4. The molecule has 1 aromatic rings. The van der Waals surface area contributed by atoms with Gasteiger partial charge >= 0.3 is 0 Å². The zero-order chi connectivity index (χ0) is 20.8. The molecular formula is C21H32N4O4. The van der Waals surface area contributed by atoms with E-state index in [0.29, 0.717) is 37.6 Å². The summed E-state index contributed by atoms with van der Waals surface area (Å²) in [5, 5.41) is 13.8. The lowest BCUT2D eigenvalue weighted by atomic mass is 9.85. The van der Waals surface area contributed by atoms with Crippen molar-refractivity contribution in [1.29, 1.82) is 0 Å². The standard InChI is InChI=1S/C21H32N4O4/c1-24(21(28)15-6-8-16(9-7-15)29-13-3-10-22)17-4-2-5-18(20(17)27)25-12-11-23-19(26)14-25/h6-9,17-18,20,27H,2-5,10-14,22H2,1H3,(H,23,26)/t17-,18-,20-/m1/s1. The third kappa shape index (κ3) is 5.26. The van der Waals surface area contributed by atoms with Gasteiger partial charge in [0.1, 0.15) is 5.75 Å². The van der Waals surface area contributed by atoms with Gasteiger partial charge in [-0.1, -0.05) is 0 Å². The molecule has 2 aliphatic rings. The van der Waals surface area contributed by atoms with E-state index in [9.17, 15) is 14.7 Å². The van der Waals surface area contributed by atoms with Crippen molar-refractivity contribution >= 4 is 11.8 Å². The molecule has 0 spiro atoms. The molecule has 2 fully saturated rings. The van der Waals surface area contributed by atoms with E-state index >= 15 is 0 Å². The van der Waals surface area contributed by atoms with Crippen LogP contribution in [0.25, 0.3) is 0 Å². The highest BCUT2D eigenvalue weighted by Crippen LogP contribution is 2.28. The lowest BCUT2D eigenvalue weighted by Gasteiger charge is -2.45. The fourth-order valence-corrected chi connectivity index (χ4v) is 4.22. The van der Waals surface area contributed by atoms with Gasteiger partial charge in [-0.2, -0.15) is 0 Å². The van der Waals surface area contributed by atoms with E-state index < -0.39 is 6.10 Å². The number of rotatable bonds is 7. The number of nitrogens with one attached hydrogen (secondary N) is 1. The maximum Gasteiger partial charge on any atom is 0.253 e. The molecule has 0 aromatic heterocycles.